The Morgan fingerprint density at radius 1 is 1.44 bits per heavy atom. The van der Waals surface area contributed by atoms with E-state index in [2.05, 4.69) is 15.3 Å². The van der Waals surface area contributed by atoms with Crippen molar-refractivity contribution in [3.63, 3.8) is 0 Å². The minimum absolute atomic E-state index is 0.182. The monoisotopic (exact) mass is 235 g/mol. The summed E-state index contributed by atoms with van der Waals surface area (Å²) in [6, 6.07) is 3.93. The summed E-state index contributed by atoms with van der Waals surface area (Å²) >= 11 is 1.61. The maximum absolute atomic E-state index is 10.3. The molecule has 0 spiro atoms. The van der Waals surface area contributed by atoms with Gasteiger partial charge in [-0.1, -0.05) is 6.07 Å². The molecule has 0 unspecified atom stereocenters. The Hall–Kier alpha value is -1.95. The summed E-state index contributed by atoms with van der Waals surface area (Å²) in [7, 11) is 0. The van der Waals surface area contributed by atoms with Gasteiger partial charge in [-0.15, -0.1) is 11.3 Å². The van der Waals surface area contributed by atoms with Crippen molar-refractivity contribution >= 4 is 23.3 Å². The molecule has 0 aromatic carbocycles. The van der Waals surface area contributed by atoms with Crippen molar-refractivity contribution in [2.24, 2.45) is 0 Å². The lowest BCUT2D eigenvalue weighted by atomic mass is 10.3. The van der Waals surface area contributed by atoms with Gasteiger partial charge < -0.3 is 10.4 Å². The average Bonchev–Trinajstić information content (AvgIpc) is 2.80. The molecule has 0 amide bonds. The van der Waals surface area contributed by atoms with Crippen LogP contribution >= 0.6 is 11.3 Å². The van der Waals surface area contributed by atoms with E-state index in [0.29, 0.717) is 5.95 Å². The number of thiophene rings is 1. The molecule has 0 saturated heterocycles. The Labute approximate surface area is 95.8 Å². The van der Waals surface area contributed by atoms with Crippen molar-refractivity contribution in [3.8, 4) is 10.4 Å². The maximum atomic E-state index is 10.3. The van der Waals surface area contributed by atoms with Crippen LogP contribution in [-0.2, 0) is 4.79 Å². The molecule has 0 bridgehead atoms. The van der Waals surface area contributed by atoms with Crippen molar-refractivity contribution in [3.05, 3.63) is 29.9 Å². The first-order chi connectivity index (χ1) is 7.75. The van der Waals surface area contributed by atoms with Crippen molar-refractivity contribution < 1.29 is 9.90 Å². The molecule has 0 fully saturated rings. The number of rotatable bonds is 4. The molecule has 2 N–H and O–H groups in total. The summed E-state index contributed by atoms with van der Waals surface area (Å²) in [4.78, 5) is 19.5. The first kappa shape index (κ1) is 10.6. The van der Waals surface area contributed by atoms with Gasteiger partial charge in [-0.2, -0.15) is 0 Å². The maximum Gasteiger partial charge on any atom is 0.322 e. The van der Waals surface area contributed by atoms with E-state index in [-0.39, 0.29) is 6.54 Å². The van der Waals surface area contributed by atoms with Gasteiger partial charge >= 0.3 is 5.97 Å². The topological polar surface area (TPSA) is 75.1 Å². The predicted octanol–water partition coefficient (Wildman–Crippen LogP) is 1.70. The number of carbonyl (C=O) groups is 1. The molecular weight excluding hydrogens is 226 g/mol. The molecule has 0 aliphatic carbocycles. The highest BCUT2D eigenvalue weighted by Crippen LogP contribution is 2.23. The SMILES string of the molecule is O=C(O)CNc1ncc(-c2cccs2)cn1. The standard InChI is InChI=1S/C10H9N3O2S/c14-9(15)6-13-10-11-4-7(5-12-10)8-2-1-3-16-8/h1-5H,6H2,(H,14,15)(H,11,12,13). The first-order valence-corrected chi connectivity index (χ1v) is 5.45. The molecule has 16 heavy (non-hydrogen) atoms. The molecule has 2 rings (SSSR count). The Balaban J connectivity index is 2.08. The molecule has 5 nitrogen and oxygen atoms in total. The number of hydrogen-bond acceptors (Lipinski definition) is 5. The van der Waals surface area contributed by atoms with Gasteiger partial charge in [0.15, 0.2) is 0 Å². The van der Waals surface area contributed by atoms with Gasteiger partial charge in [0.05, 0.1) is 0 Å². The van der Waals surface area contributed by atoms with Gasteiger partial charge in [0.1, 0.15) is 6.54 Å². The van der Waals surface area contributed by atoms with Crippen LogP contribution in [0.15, 0.2) is 29.9 Å². The van der Waals surface area contributed by atoms with Crippen LogP contribution in [0, 0.1) is 0 Å². The lowest BCUT2D eigenvalue weighted by molar-refractivity contribution is -0.134. The van der Waals surface area contributed by atoms with Gasteiger partial charge in [0.2, 0.25) is 5.95 Å². The van der Waals surface area contributed by atoms with Crippen LogP contribution in [0.2, 0.25) is 0 Å². The zero-order valence-corrected chi connectivity index (χ0v) is 9.07. The second-order valence-electron chi connectivity index (χ2n) is 3.02. The Morgan fingerprint density at radius 3 is 2.75 bits per heavy atom. The third-order valence-electron chi connectivity index (χ3n) is 1.86. The molecule has 82 valence electrons. The van der Waals surface area contributed by atoms with Crippen LogP contribution in [-0.4, -0.2) is 27.6 Å². The lowest BCUT2D eigenvalue weighted by Crippen LogP contribution is -2.14. The number of carboxylic acid groups (broad SMARTS) is 1. The Kier molecular flexibility index (Phi) is 3.11. The molecule has 0 aliphatic rings. The number of anilines is 1. The quantitative estimate of drug-likeness (QED) is 0.843. The highest BCUT2D eigenvalue weighted by molar-refractivity contribution is 7.13. The third kappa shape index (κ3) is 2.54. The predicted molar refractivity (Wildman–Crippen MR) is 61.5 cm³/mol. The largest absolute Gasteiger partial charge is 0.480 e. The average molecular weight is 235 g/mol. The summed E-state index contributed by atoms with van der Waals surface area (Å²) in [6.07, 6.45) is 3.34. The number of carboxylic acids is 1. The Bertz CT molecular complexity index is 467. The van der Waals surface area contributed by atoms with Crippen molar-refractivity contribution in [2.45, 2.75) is 0 Å². The van der Waals surface area contributed by atoms with Crippen LogP contribution in [0.1, 0.15) is 0 Å². The van der Waals surface area contributed by atoms with Crippen LogP contribution < -0.4 is 5.32 Å². The molecule has 0 aliphatic heterocycles. The Morgan fingerprint density at radius 2 is 2.19 bits per heavy atom. The summed E-state index contributed by atoms with van der Waals surface area (Å²) in [5.41, 5.74) is 0.927. The number of aromatic nitrogens is 2. The van der Waals surface area contributed by atoms with E-state index in [1.807, 2.05) is 17.5 Å². The number of hydrogen-bond donors (Lipinski definition) is 2. The van der Waals surface area contributed by atoms with E-state index < -0.39 is 5.97 Å². The molecular formula is C10H9N3O2S. The normalized spacial score (nSPS) is 10.0. The van der Waals surface area contributed by atoms with Crippen molar-refractivity contribution in [2.75, 3.05) is 11.9 Å². The zero-order valence-electron chi connectivity index (χ0n) is 8.25. The molecule has 0 saturated carbocycles. The van der Waals surface area contributed by atoms with E-state index in [9.17, 15) is 4.79 Å². The summed E-state index contributed by atoms with van der Waals surface area (Å²) < 4.78 is 0. The van der Waals surface area contributed by atoms with Gasteiger partial charge in [0, 0.05) is 22.8 Å². The molecule has 0 radical (unpaired) electrons. The van der Waals surface area contributed by atoms with Gasteiger partial charge in [-0.25, -0.2) is 9.97 Å². The van der Waals surface area contributed by atoms with Crippen LogP contribution in [0.4, 0.5) is 5.95 Å². The van der Waals surface area contributed by atoms with E-state index in [4.69, 9.17) is 5.11 Å². The third-order valence-corrected chi connectivity index (χ3v) is 2.77. The van der Waals surface area contributed by atoms with Gasteiger partial charge in [-0.05, 0) is 11.4 Å². The van der Waals surface area contributed by atoms with E-state index in [1.54, 1.807) is 23.7 Å². The van der Waals surface area contributed by atoms with Crippen molar-refractivity contribution in [1.82, 2.24) is 9.97 Å². The highest BCUT2D eigenvalue weighted by Gasteiger charge is 2.02. The first-order valence-electron chi connectivity index (χ1n) is 4.57. The zero-order chi connectivity index (χ0) is 11.4. The van der Waals surface area contributed by atoms with Crippen LogP contribution in [0.5, 0.6) is 0 Å². The fourth-order valence-electron chi connectivity index (χ4n) is 1.14. The van der Waals surface area contributed by atoms with Gasteiger partial charge in [-0.3, -0.25) is 4.79 Å². The van der Waals surface area contributed by atoms with E-state index in [0.717, 1.165) is 10.4 Å². The fraction of sp³-hybridized carbons (Fsp3) is 0.100. The molecule has 6 heteroatoms. The van der Waals surface area contributed by atoms with E-state index >= 15 is 0 Å². The summed E-state index contributed by atoms with van der Waals surface area (Å²) in [5.74, 6) is -0.617. The number of nitrogens with zero attached hydrogens (tertiary/aromatic N) is 2. The summed E-state index contributed by atoms with van der Waals surface area (Å²) in [6.45, 7) is -0.182. The van der Waals surface area contributed by atoms with Crippen LogP contribution in [0.3, 0.4) is 0 Å². The second kappa shape index (κ2) is 4.71. The number of nitrogens with one attached hydrogen (secondary N) is 1. The molecule has 2 heterocycles. The highest BCUT2D eigenvalue weighted by atomic mass is 32.1. The number of aliphatic carboxylic acids is 1. The second-order valence-corrected chi connectivity index (χ2v) is 3.97. The van der Waals surface area contributed by atoms with E-state index in [1.165, 1.54) is 0 Å². The summed E-state index contributed by atoms with van der Waals surface area (Å²) in [5, 5.41) is 13.0. The smallest absolute Gasteiger partial charge is 0.322 e. The molecule has 2 aromatic rings. The minimum atomic E-state index is -0.939. The van der Waals surface area contributed by atoms with Gasteiger partial charge in [0.25, 0.3) is 0 Å². The van der Waals surface area contributed by atoms with Crippen LogP contribution in [0.25, 0.3) is 10.4 Å². The molecule has 2 aromatic heterocycles. The molecule has 0 atom stereocenters. The van der Waals surface area contributed by atoms with Crippen molar-refractivity contribution in [1.29, 1.82) is 0 Å². The minimum Gasteiger partial charge on any atom is -0.480 e. The fourth-order valence-corrected chi connectivity index (χ4v) is 1.85. The lowest BCUT2D eigenvalue weighted by Gasteiger charge is -2.01.